The van der Waals surface area contributed by atoms with Gasteiger partial charge in [0.15, 0.2) is 5.58 Å². The minimum Gasteiger partial charge on any atom is -0.408 e. The van der Waals surface area contributed by atoms with Crippen LogP contribution in [0.2, 0.25) is 0 Å². The molecular weight excluding hydrogens is 288 g/mol. The molecule has 21 heavy (non-hydrogen) atoms. The highest BCUT2D eigenvalue weighted by molar-refractivity contribution is 6.21. The van der Waals surface area contributed by atoms with E-state index in [0.29, 0.717) is 23.2 Å². The number of aromatic nitrogens is 1. The van der Waals surface area contributed by atoms with Crippen LogP contribution in [0.15, 0.2) is 27.4 Å². The van der Waals surface area contributed by atoms with Crippen LogP contribution in [0.4, 0.5) is 0 Å². The van der Waals surface area contributed by atoms with Crippen LogP contribution in [0.1, 0.15) is 44.1 Å². The number of nitrogens with one attached hydrogen (secondary N) is 1. The van der Waals surface area contributed by atoms with Crippen LogP contribution >= 0.6 is 11.6 Å². The monoisotopic (exact) mass is 308 g/mol. The molecule has 1 N–H and O–H groups in total. The van der Waals surface area contributed by atoms with Crippen molar-refractivity contribution in [2.24, 2.45) is 0 Å². The summed E-state index contributed by atoms with van der Waals surface area (Å²) >= 11 is 6.61. The van der Waals surface area contributed by atoms with Crippen LogP contribution in [0, 0.1) is 0 Å². The first kappa shape index (κ1) is 14.7. The molecule has 5 heteroatoms. The lowest BCUT2D eigenvalue weighted by Gasteiger charge is -2.40. The van der Waals surface area contributed by atoms with Crippen molar-refractivity contribution in [3.8, 4) is 0 Å². The highest BCUT2D eigenvalue weighted by Gasteiger charge is 2.27. The number of rotatable bonds is 3. The second-order valence-corrected chi connectivity index (χ2v) is 6.59. The molecular formula is C16H21ClN2O2. The maximum atomic E-state index is 11.2. The second-order valence-electron chi connectivity index (χ2n) is 6.06. The van der Waals surface area contributed by atoms with E-state index >= 15 is 0 Å². The molecule has 1 saturated heterocycles. The molecule has 0 amide bonds. The van der Waals surface area contributed by atoms with Crippen molar-refractivity contribution in [1.82, 2.24) is 9.88 Å². The smallest absolute Gasteiger partial charge is 0.408 e. The summed E-state index contributed by atoms with van der Waals surface area (Å²) < 4.78 is 5.11. The molecule has 0 spiro atoms. The molecule has 2 aromatic rings. The molecule has 1 aromatic heterocycles. The highest BCUT2D eigenvalue weighted by atomic mass is 35.5. The van der Waals surface area contributed by atoms with E-state index in [1.54, 1.807) is 0 Å². The predicted molar refractivity (Wildman–Crippen MR) is 84.9 cm³/mol. The fourth-order valence-corrected chi connectivity index (χ4v) is 3.58. The third-order valence-electron chi connectivity index (χ3n) is 4.55. The van der Waals surface area contributed by atoms with Gasteiger partial charge in [-0.2, -0.15) is 0 Å². The number of likely N-dealkylation sites (tertiary alicyclic amines) is 1. The third kappa shape index (κ3) is 3.01. The number of nitrogens with zero attached hydrogens (tertiary/aromatic N) is 1. The van der Waals surface area contributed by atoms with E-state index < -0.39 is 5.76 Å². The summed E-state index contributed by atoms with van der Waals surface area (Å²) in [4.78, 5) is 16.3. The van der Waals surface area contributed by atoms with Gasteiger partial charge in [-0.15, -0.1) is 11.6 Å². The molecule has 3 rings (SSSR count). The minimum absolute atomic E-state index is 0.0994. The van der Waals surface area contributed by atoms with E-state index in [4.69, 9.17) is 16.0 Å². The van der Waals surface area contributed by atoms with Gasteiger partial charge in [0.25, 0.3) is 0 Å². The van der Waals surface area contributed by atoms with Gasteiger partial charge in [-0.05, 0) is 44.4 Å². The lowest BCUT2D eigenvalue weighted by atomic mass is 9.96. The molecule has 1 fully saturated rings. The lowest BCUT2D eigenvalue weighted by molar-refractivity contribution is 0.103. The zero-order valence-corrected chi connectivity index (χ0v) is 13.2. The summed E-state index contributed by atoms with van der Waals surface area (Å²) in [7, 11) is 0. The molecule has 0 bridgehead atoms. The third-order valence-corrected chi connectivity index (χ3v) is 4.94. The van der Waals surface area contributed by atoms with Gasteiger partial charge < -0.3 is 4.42 Å². The number of hydrogen-bond donors (Lipinski definition) is 1. The first-order valence-corrected chi connectivity index (χ1v) is 8.01. The molecule has 3 atom stereocenters. The van der Waals surface area contributed by atoms with Crippen molar-refractivity contribution < 1.29 is 4.42 Å². The quantitative estimate of drug-likeness (QED) is 0.880. The van der Waals surface area contributed by atoms with E-state index in [1.807, 2.05) is 18.2 Å². The summed E-state index contributed by atoms with van der Waals surface area (Å²) in [6, 6.07) is 6.83. The standard InChI is InChI=1S/C16H21ClN2O2/c1-10-4-3-5-11(2)19(10)9-13(17)12-6-7-14-15(8-12)21-16(20)18-14/h6-8,10-11,13H,3-5,9H2,1-2H3,(H,18,20). The van der Waals surface area contributed by atoms with Crippen molar-refractivity contribution >= 4 is 22.7 Å². The maximum Gasteiger partial charge on any atom is 0.417 e. The number of oxazole rings is 1. The van der Waals surface area contributed by atoms with Crippen LogP contribution in [0.5, 0.6) is 0 Å². The fourth-order valence-electron chi connectivity index (χ4n) is 3.28. The number of benzene rings is 1. The Morgan fingerprint density at radius 1 is 1.38 bits per heavy atom. The maximum absolute atomic E-state index is 11.2. The Morgan fingerprint density at radius 2 is 2.10 bits per heavy atom. The minimum atomic E-state index is -0.424. The Morgan fingerprint density at radius 3 is 2.81 bits per heavy atom. The topological polar surface area (TPSA) is 49.2 Å². The zero-order valence-electron chi connectivity index (χ0n) is 12.4. The summed E-state index contributed by atoms with van der Waals surface area (Å²) in [5.74, 6) is -0.424. The van der Waals surface area contributed by atoms with E-state index in [2.05, 4.69) is 23.7 Å². The summed E-state index contributed by atoms with van der Waals surface area (Å²) in [6.07, 6.45) is 3.77. The number of hydrogen-bond acceptors (Lipinski definition) is 3. The predicted octanol–water partition coefficient (Wildman–Crippen LogP) is 3.66. The van der Waals surface area contributed by atoms with Gasteiger partial charge in [-0.3, -0.25) is 9.88 Å². The van der Waals surface area contributed by atoms with Gasteiger partial charge >= 0.3 is 5.76 Å². The molecule has 114 valence electrons. The van der Waals surface area contributed by atoms with E-state index in [1.165, 1.54) is 19.3 Å². The number of halogens is 1. The number of aromatic amines is 1. The summed E-state index contributed by atoms with van der Waals surface area (Å²) in [6.45, 7) is 5.37. The van der Waals surface area contributed by atoms with Gasteiger partial charge in [0.05, 0.1) is 10.9 Å². The Balaban J connectivity index is 1.79. The average Bonchev–Trinajstić information content (AvgIpc) is 2.81. The zero-order chi connectivity index (χ0) is 15.0. The largest absolute Gasteiger partial charge is 0.417 e. The highest BCUT2D eigenvalue weighted by Crippen LogP contribution is 2.29. The molecule has 3 unspecified atom stereocenters. The van der Waals surface area contributed by atoms with E-state index in [9.17, 15) is 4.79 Å². The van der Waals surface area contributed by atoms with Crippen LogP contribution in [0.25, 0.3) is 11.1 Å². The normalized spacial score (nSPS) is 25.3. The van der Waals surface area contributed by atoms with Gasteiger partial charge in [-0.1, -0.05) is 12.5 Å². The van der Waals surface area contributed by atoms with E-state index in [0.717, 1.165) is 12.1 Å². The number of piperidine rings is 1. The Labute approximate surface area is 129 Å². The summed E-state index contributed by atoms with van der Waals surface area (Å²) in [5, 5.41) is -0.0994. The van der Waals surface area contributed by atoms with E-state index in [-0.39, 0.29) is 5.38 Å². The lowest BCUT2D eigenvalue weighted by Crippen LogP contribution is -2.45. The van der Waals surface area contributed by atoms with Crippen LogP contribution < -0.4 is 5.76 Å². The average molecular weight is 309 g/mol. The van der Waals surface area contributed by atoms with Crippen LogP contribution in [0.3, 0.4) is 0 Å². The Bertz CT molecular complexity index is 668. The number of alkyl halides is 1. The summed E-state index contributed by atoms with van der Waals surface area (Å²) in [5.41, 5.74) is 2.28. The van der Waals surface area contributed by atoms with Crippen LogP contribution in [-0.2, 0) is 0 Å². The second kappa shape index (κ2) is 5.85. The van der Waals surface area contributed by atoms with Crippen molar-refractivity contribution in [1.29, 1.82) is 0 Å². The number of H-pyrrole nitrogens is 1. The van der Waals surface area contributed by atoms with Crippen molar-refractivity contribution in [2.45, 2.75) is 50.6 Å². The van der Waals surface area contributed by atoms with Crippen molar-refractivity contribution in [3.05, 3.63) is 34.3 Å². The first-order chi connectivity index (χ1) is 10.0. The molecule has 2 heterocycles. The molecule has 0 aliphatic carbocycles. The Hall–Kier alpha value is -1.26. The van der Waals surface area contributed by atoms with Crippen molar-refractivity contribution in [3.63, 3.8) is 0 Å². The molecule has 1 aliphatic heterocycles. The van der Waals surface area contributed by atoms with Gasteiger partial charge in [0, 0.05) is 18.6 Å². The molecule has 0 saturated carbocycles. The molecule has 1 aliphatic rings. The van der Waals surface area contributed by atoms with Gasteiger partial charge in [-0.25, -0.2) is 4.79 Å². The molecule has 0 radical (unpaired) electrons. The number of fused-ring (bicyclic) bond motifs is 1. The van der Waals surface area contributed by atoms with Gasteiger partial charge in [0.2, 0.25) is 0 Å². The molecule has 4 nitrogen and oxygen atoms in total. The SMILES string of the molecule is CC1CCCC(C)N1CC(Cl)c1ccc2[nH]c(=O)oc2c1. The Kier molecular flexibility index (Phi) is 4.09. The van der Waals surface area contributed by atoms with Crippen molar-refractivity contribution in [2.75, 3.05) is 6.54 Å². The fraction of sp³-hybridized carbons (Fsp3) is 0.562. The van der Waals surface area contributed by atoms with Crippen LogP contribution in [-0.4, -0.2) is 28.5 Å². The molecule has 1 aromatic carbocycles. The first-order valence-electron chi connectivity index (χ1n) is 7.57. The van der Waals surface area contributed by atoms with Gasteiger partial charge in [0.1, 0.15) is 0 Å².